The van der Waals surface area contributed by atoms with Crippen LogP contribution in [0.2, 0.25) is 0 Å². The second kappa shape index (κ2) is 4.85. The Kier molecular flexibility index (Phi) is 3.32. The van der Waals surface area contributed by atoms with Crippen molar-refractivity contribution < 1.29 is 14.0 Å². The van der Waals surface area contributed by atoms with E-state index in [1.54, 1.807) is 7.11 Å². The summed E-state index contributed by atoms with van der Waals surface area (Å²) >= 11 is 0. The molecule has 1 aromatic rings. The van der Waals surface area contributed by atoms with Gasteiger partial charge in [0.2, 0.25) is 11.7 Å². The summed E-state index contributed by atoms with van der Waals surface area (Å²) in [4.78, 5) is 4.51. The Hall–Kier alpha value is -0.980. The van der Waals surface area contributed by atoms with Crippen LogP contribution in [0.15, 0.2) is 4.52 Å². The Morgan fingerprint density at radius 2 is 2.00 bits per heavy atom. The van der Waals surface area contributed by atoms with Crippen LogP contribution in [-0.4, -0.2) is 36.0 Å². The van der Waals surface area contributed by atoms with Gasteiger partial charge >= 0.3 is 0 Å². The molecule has 0 radical (unpaired) electrons. The molecule has 1 saturated carbocycles. The van der Waals surface area contributed by atoms with E-state index >= 15 is 0 Å². The molecule has 6 nitrogen and oxygen atoms in total. The van der Waals surface area contributed by atoms with Crippen molar-refractivity contribution in [3.63, 3.8) is 0 Å². The van der Waals surface area contributed by atoms with Crippen molar-refractivity contribution >= 4 is 0 Å². The van der Waals surface area contributed by atoms with Crippen molar-refractivity contribution in [3.05, 3.63) is 11.7 Å². The lowest BCUT2D eigenvalue weighted by atomic mass is 9.75. The van der Waals surface area contributed by atoms with Gasteiger partial charge in [-0.05, 0) is 19.3 Å². The second-order valence-electron chi connectivity index (χ2n) is 5.72. The first kappa shape index (κ1) is 13.0. The van der Waals surface area contributed by atoms with Crippen LogP contribution in [-0.2, 0) is 21.5 Å². The number of methoxy groups -OCH3 is 1. The molecule has 0 aromatic carbocycles. The van der Waals surface area contributed by atoms with Crippen molar-refractivity contribution in [1.29, 1.82) is 0 Å². The minimum Gasteiger partial charge on any atom is -0.381 e. The molecule has 1 saturated heterocycles. The molecule has 3 rings (SSSR count). The fourth-order valence-corrected chi connectivity index (χ4v) is 2.84. The molecule has 0 unspecified atom stereocenters. The van der Waals surface area contributed by atoms with Gasteiger partial charge in [0.25, 0.3) is 0 Å². The zero-order valence-corrected chi connectivity index (χ0v) is 11.4. The van der Waals surface area contributed by atoms with E-state index in [0.717, 1.165) is 25.7 Å². The van der Waals surface area contributed by atoms with Gasteiger partial charge in [0.1, 0.15) is 5.60 Å². The summed E-state index contributed by atoms with van der Waals surface area (Å²) in [5, 5.41) is 4.10. The van der Waals surface area contributed by atoms with Crippen LogP contribution < -0.4 is 5.73 Å². The van der Waals surface area contributed by atoms with Crippen molar-refractivity contribution in [3.8, 4) is 0 Å². The highest BCUT2D eigenvalue weighted by Crippen LogP contribution is 2.35. The number of nitrogens with zero attached hydrogens (tertiary/aromatic N) is 2. The monoisotopic (exact) mass is 267 g/mol. The van der Waals surface area contributed by atoms with Crippen molar-refractivity contribution in [2.45, 2.75) is 49.7 Å². The number of ether oxygens (including phenoxy) is 2. The standard InChI is InChI=1S/C13H21N3O3/c1-17-13(5-7-18-8-6-13)11-15-10(19-16-11)9-12(14)3-2-4-12/h2-9,14H2,1H3. The molecule has 106 valence electrons. The van der Waals surface area contributed by atoms with Gasteiger partial charge in [-0.3, -0.25) is 0 Å². The smallest absolute Gasteiger partial charge is 0.228 e. The molecule has 1 aliphatic carbocycles. The van der Waals surface area contributed by atoms with Gasteiger partial charge < -0.3 is 19.7 Å². The van der Waals surface area contributed by atoms with Crippen LogP contribution >= 0.6 is 0 Å². The van der Waals surface area contributed by atoms with Gasteiger partial charge in [0.05, 0.1) is 0 Å². The van der Waals surface area contributed by atoms with Gasteiger partial charge in [-0.1, -0.05) is 5.16 Å². The average Bonchev–Trinajstić information content (AvgIpc) is 2.86. The Balaban J connectivity index is 1.75. The number of hydrogen-bond donors (Lipinski definition) is 1. The molecule has 0 amide bonds. The molecule has 2 aliphatic rings. The van der Waals surface area contributed by atoms with E-state index in [9.17, 15) is 0 Å². The second-order valence-corrected chi connectivity index (χ2v) is 5.72. The number of aromatic nitrogens is 2. The largest absolute Gasteiger partial charge is 0.381 e. The molecule has 0 atom stereocenters. The van der Waals surface area contributed by atoms with E-state index in [0.29, 0.717) is 31.3 Å². The maximum atomic E-state index is 6.21. The maximum Gasteiger partial charge on any atom is 0.228 e. The fourth-order valence-electron chi connectivity index (χ4n) is 2.84. The number of rotatable bonds is 4. The van der Waals surface area contributed by atoms with E-state index in [-0.39, 0.29) is 5.54 Å². The molecule has 1 aromatic heterocycles. The highest BCUT2D eigenvalue weighted by atomic mass is 16.5. The molecule has 6 heteroatoms. The predicted molar refractivity (Wildman–Crippen MR) is 67.5 cm³/mol. The van der Waals surface area contributed by atoms with E-state index < -0.39 is 5.60 Å². The first-order chi connectivity index (χ1) is 9.16. The van der Waals surface area contributed by atoms with Crippen molar-refractivity contribution in [1.82, 2.24) is 10.1 Å². The lowest BCUT2D eigenvalue weighted by Gasteiger charge is -2.36. The molecular formula is C13H21N3O3. The summed E-state index contributed by atoms with van der Waals surface area (Å²) < 4.78 is 16.4. The minimum atomic E-state index is -0.457. The first-order valence-corrected chi connectivity index (χ1v) is 6.91. The highest BCUT2D eigenvalue weighted by Gasteiger charge is 2.40. The quantitative estimate of drug-likeness (QED) is 0.881. The Labute approximate surface area is 112 Å². The lowest BCUT2D eigenvalue weighted by Crippen LogP contribution is -2.48. The van der Waals surface area contributed by atoms with E-state index in [4.69, 9.17) is 19.7 Å². The average molecular weight is 267 g/mol. The summed E-state index contributed by atoms with van der Waals surface area (Å²) in [5.41, 5.74) is 5.61. The van der Waals surface area contributed by atoms with Crippen molar-refractivity contribution in [2.75, 3.05) is 20.3 Å². The van der Waals surface area contributed by atoms with E-state index in [1.165, 1.54) is 6.42 Å². The molecule has 0 bridgehead atoms. The van der Waals surface area contributed by atoms with Crippen LogP contribution in [0.1, 0.15) is 43.8 Å². The van der Waals surface area contributed by atoms with E-state index in [2.05, 4.69) is 10.1 Å². The molecule has 2 heterocycles. The van der Waals surface area contributed by atoms with Crippen LogP contribution in [0.5, 0.6) is 0 Å². The molecule has 1 aliphatic heterocycles. The van der Waals surface area contributed by atoms with Crippen LogP contribution in [0.4, 0.5) is 0 Å². The molecular weight excluding hydrogens is 246 g/mol. The zero-order valence-electron chi connectivity index (χ0n) is 11.4. The fraction of sp³-hybridized carbons (Fsp3) is 0.846. The van der Waals surface area contributed by atoms with Crippen LogP contribution in [0, 0.1) is 0 Å². The number of nitrogens with two attached hydrogens (primary N) is 1. The summed E-state index contributed by atoms with van der Waals surface area (Å²) in [6.07, 6.45) is 5.45. The van der Waals surface area contributed by atoms with Gasteiger partial charge in [-0.2, -0.15) is 4.98 Å². The van der Waals surface area contributed by atoms with Gasteiger partial charge in [0.15, 0.2) is 0 Å². The molecule has 2 fully saturated rings. The Bertz CT molecular complexity index is 436. The number of hydrogen-bond acceptors (Lipinski definition) is 6. The van der Waals surface area contributed by atoms with Crippen molar-refractivity contribution in [2.24, 2.45) is 5.73 Å². The Morgan fingerprint density at radius 3 is 2.58 bits per heavy atom. The summed E-state index contributed by atoms with van der Waals surface area (Å²) in [7, 11) is 1.69. The molecule has 2 N–H and O–H groups in total. The van der Waals surface area contributed by atoms with Crippen LogP contribution in [0.25, 0.3) is 0 Å². The summed E-state index contributed by atoms with van der Waals surface area (Å²) in [6.45, 7) is 1.33. The third-order valence-corrected chi connectivity index (χ3v) is 4.42. The summed E-state index contributed by atoms with van der Waals surface area (Å²) in [5.74, 6) is 1.26. The zero-order chi connectivity index (χ0) is 13.3. The highest BCUT2D eigenvalue weighted by molar-refractivity contribution is 5.06. The molecule has 0 spiro atoms. The SMILES string of the molecule is COC1(c2noc(CC3(N)CCC3)n2)CCOCC1. The minimum absolute atomic E-state index is 0.139. The third kappa shape index (κ3) is 2.40. The summed E-state index contributed by atoms with van der Waals surface area (Å²) in [6, 6.07) is 0. The van der Waals surface area contributed by atoms with Gasteiger partial charge in [-0.15, -0.1) is 0 Å². The first-order valence-electron chi connectivity index (χ1n) is 6.91. The van der Waals surface area contributed by atoms with Gasteiger partial charge in [-0.25, -0.2) is 0 Å². The lowest BCUT2D eigenvalue weighted by molar-refractivity contribution is -0.101. The predicted octanol–water partition coefficient (Wildman–Crippen LogP) is 1.15. The topological polar surface area (TPSA) is 83.4 Å². The maximum absolute atomic E-state index is 6.21. The third-order valence-electron chi connectivity index (χ3n) is 4.42. The van der Waals surface area contributed by atoms with E-state index in [1.807, 2.05) is 0 Å². The van der Waals surface area contributed by atoms with Crippen LogP contribution in [0.3, 0.4) is 0 Å². The normalized spacial score (nSPS) is 24.9. The Morgan fingerprint density at radius 1 is 1.26 bits per heavy atom. The van der Waals surface area contributed by atoms with Gasteiger partial charge in [0, 0.05) is 45.1 Å². The molecule has 19 heavy (non-hydrogen) atoms.